The molecule has 0 bridgehead atoms. The molecule has 1 aliphatic heterocycles. The fraction of sp³-hybridized carbons (Fsp3) is 0.538. The summed E-state index contributed by atoms with van der Waals surface area (Å²) in [5.74, 6) is 0.982. The van der Waals surface area contributed by atoms with Gasteiger partial charge in [0.2, 0.25) is 5.91 Å². The van der Waals surface area contributed by atoms with Crippen LogP contribution in [0.15, 0.2) is 12.1 Å². The molecule has 1 aromatic rings. The minimum atomic E-state index is 0.182. The van der Waals surface area contributed by atoms with Gasteiger partial charge in [-0.1, -0.05) is 36.9 Å². The lowest BCUT2D eigenvalue weighted by Crippen LogP contribution is -2.39. The molecule has 0 saturated heterocycles. The monoisotopic (exact) mass is 250 g/mol. The van der Waals surface area contributed by atoms with E-state index in [1.807, 2.05) is 11.0 Å². The fourth-order valence-corrected chi connectivity index (χ4v) is 3.03. The number of hydrogen-bond acceptors (Lipinski definition) is 2. The van der Waals surface area contributed by atoms with Gasteiger partial charge in [0.25, 0.3) is 0 Å². The van der Waals surface area contributed by atoms with Crippen molar-refractivity contribution in [2.45, 2.75) is 44.6 Å². The molecule has 90 valence electrons. The van der Waals surface area contributed by atoms with E-state index < -0.39 is 0 Å². The number of hydrogen-bond donors (Lipinski definition) is 0. The highest BCUT2D eigenvalue weighted by molar-refractivity contribution is 6.29. The quantitative estimate of drug-likeness (QED) is 0.718. The van der Waals surface area contributed by atoms with Gasteiger partial charge < -0.3 is 0 Å². The Bertz CT molecular complexity index is 455. The van der Waals surface area contributed by atoms with Crippen LogP contribution in [-0.2, 0) is 11.2 Å². The van der Waals surface area contributed by atoms with E-state index >= 15 is 0 Å². The molecule has 0 spiro atoms. The number of fused-ring (bicyclic) bond motifs is 1. The zero-order valence-electron chi connectivity index (χ0n) is 9.66. The van der Waals surface area contributed by atoms with Gasteiger partial charge in [-0.2, -0.15) is 0 Å². The van der Waals surface area contributed by atoms with E-state index in [1.165, 1.54) is 19.3 Å². The van der Waals surface area contributed by atoms with E-state index in [0.717, 1.165) is 24.2 Å². The van der Waals surface area contributed by atoms with Crippen molar-refractivity contribution in [1.82, 2.24) is 4.98 Å². The summed E-state index contributed by atoms with van der Waals surface area (Å²) in [4.78, 5) is 18.3. The van der Waals surface area contributed by atoms with E-state index in [-0.39, 0.29) is 5.91 Å². The number of aromatic nitrogens is 1. The predicted octanol–water partition coefficient (Wildman–Crippen LogP) is 2.96. The summed E-state index contributed by atoms with van der Waals surface area (Å²) in [7, 11) is 0. The van der Waals surface area contributed by atoms with E-state index in [4.69, 9.17) is 11.6 Å². The Morgan fingerprint density at radius 2 is 2.00 bits per heavy atom. The van der Waals surface area contributed by atoms with Crippen LogP contribution in [0.2, 0.25) is 5.15 Å². The smallest absolute Gasteiger partial charge is 0.232 e. The Hall–Kier alpha value is -1.09. The number of pyridine rings is 1. The molecule has 4 heteroatoms. The largest absolute Gasteiger partial charge is 0.293 e. The SMILES string of the molecule is O=C1Cc2ccc(Cl)nc2N1C1CCCCC1. The van der Waals surface area contributed by atoms with Gasteiger partial charge in [-0.05, 0) is 18.9 Å². The Labute approximate surface area is 106 Å². The van der Waals surface area contributed by atoms with Crippen LogP contribution in [0.4, 0.5) is 5.82 Å². The normalized spacial score (nSPS) is 20.8. The van der Waals surface area contributed by atoms with Crippen LogP contribution in [0.3, 0.4) is 0 Å². The van der Waals surface area contributed by atoms with Crippen molar-refractivity contribution in [3.63, 3.8) is 0 Å². The Morgan fingerprint density at radius 1 is 1.24 bits per heavy atom. The molecular weight excluding hydrogens is 236 g/mol. The molecule has 0 N–H and O–H groups in total. The second-order valence-electron chi connectivity index (χ2n) is 4.85. The van der Waals surface area contributed by atoms with Crippen LogP contribution in [0.1, 0.15) is 37.7 Å². The first-order chi connectivity index (χ1) is 8.25. The minimum Gasteiger partial charge on any atom is -0.293 e. The zero-order valence-corrected chi connectivity index (χ0v) is 10.4. The van der Waals surface area contributed by atoms with Gasteiger partial charge in [0.05, 0.1) is 6.42 Å². The molecule has 17 heavy (non-hydrogen) atoms. The molecule has 1 fully saturated rings. The van der Waals surface area contributed by atoms with Crippen LogP contribution in [0, 0.1) is 0 Å². The van der Waals surface area contributed by atoms with E-state index in [9.17, 15) is 4.79 Å². The van der Waals surface area contributed by atoms with Crippen LogP contribution >= 0.6 is 11.6 Å². The van der Waals surface area contributed by atoms with Gasteiger partial charge in [0.15, 0.2) is 0 Å². The average molecular weight is 251 g/mol. The van der Waals surface area contributed by atoms with Gasteiger partial charge in [0.1, 0.15) is 11.0 Å². The molecule has 3 rings (SSSR count). The molecule has 2 heterocycles. The highest BCUT2D eigenvalue weighted by atomic mass is 35.5. The number of halogens is 1. The summed E-state index contributed by atoms with van der Waals surface area (Å²) in [6, 6.07) is 4.02. The van der Waals surface area contributed by atoms with Crippen molar-refractivity contribution in [1.29, 1.82) is 0 Å². The van der Waals surface area contributed by atoms with E-state index in [0.29, 0.717) is 17.6 Å². The molecule has 1 saturated carbocycles. The van der Waals surface area contributed by atoms with Gasteiger partial charge in [0, 0.05) is 11.6 Å². The number of nitrogens with zero attached hydrogens (tertiary/aromatic N) is 2. The molecule has 0 radical (unpaired) electrons. The number of amides is 1. The number of anilines is 1. The summed E-state index contributed by atoms with van der Waals surface area (Å²) < 4.78 is 0. The summed E-state index contributed by atoms with van der Waals surface area (Å²) in [5, 5.41) is 0.472. The third-order valence-electron chi connectivity index (χ3n) is 3.70. The molecular formula is C13H15ClN2O. The Kier molecular flexibility index (Phi) is 2.79. The van der Waals surface area contributed by atoms with Crippen LogP contribution in [0.5, 0.6) is 0 Å². The van der Waals surface area contributed by atoms with Crippen LogP contribution in [-0.4, -0.2) is 16.9 Å². The summed E-state index contributed by atoms with van der Waals surface area (Å²) in [5.41, 5.74) is 1.02. The zero-order chi connectivity index (χ0) is 11.8. The topological polar surface area (TPSA) is 33.2 Å². The summed E-state index contributed by atoms with van der Waals surface area (Å²) in [6.07, 6.45) is 6.39. The summed E-state index contributed by atoms with van der Waals surface area (Å²) in [6.45, 7) is 0. The lowest BCUT2D eigenvalue weighted by molar-refractivity contribution is -0.118. The van der Waals surface area contributed by atoms with E-state index in [1.54, 1.807) is 6.07 Å². The Balaban J connectivity index is 1.95. The van der Waals surface area contributed by atoms with Crippen molar-refractivity contribution in [3.8, 4) is 0 Å². The molecule has 1 amide bonds. The first-order valence-corrected chi connectivity index (χ1v) is 6.61. The minimum absolute atomic E-state index is 0.182. The highest BCUT2D eigenvalue weighted by Crippen LogP contribution is 2.34. The molecule has 0 aromatic carbocycles. The molecule has 0 unspecified atom stereocenters. The maximum absolute atomic E-state index is 12.1. The average Bonchev–Trinajstić information content (AvgIpc) is 2.65. The van der Waals surface area contributed by atoms with Gasteiger partial charge in [-0.25, -0.2) is 4.98 Å². The van der Waals surface area contributed by atoms with Gasteiger partial charge in [-0.15, -0.1) is 0 Å². The maximum Gasteiger partial charge on any atom is 0.232 e. The molecule has 1 aliphatic carbocycles. The Morgan fingerprint density at radius 3 is 2.76 bits per heavy atom. The van der Waals surface area contributed by atoms with Crippen molar-refractivity contribution in [2.24, 2.45) is 0 Å². The number of carbonyl (C=O) groups excluding carboxylic acids is 1. The third kappa shape index (κ3) is 1.93. The van der Waals surface area contributed by atoms with Crippen molar-refractivity contribution < 1.29 is 4.79 Å². The first-order valence-electron chi connectivity index (χ1n) is 6.23. The van der Waals surface area contributed by atoms with Gasteiger partial charge in [-0.3, -0.25) is 9.69 Å². The highest BCUT2D eigenvalue weighted by Gasteiger charge is 2.34. The molecule has 3 nitrogen and oxygen atoms in total. The third-order valence-corrected chi connectivity index (χ3v) is 3.91. The number of carbonyl (C=O) groups is 1. The molecule has 2 aliphatic rings. The predicted molar refractivity (Wildman–Crippen MR) is 67.3 cm³/mol. The van der Waals surface area contributed by atoms with Crippen molar-refractivity contribution in [2.75, 3.05) is 4.90 Å². The van der Waals surface area contributed by atoms with Crippen molar-refractivity contribution >= 4 is 23.3 Å². The standard InChI is InChI=1S/C13H15ClN2O/c14-11-7-6-9-8-12(17)16(13(9)15-11)10-4-2-1-3-5-10/h6-7,10H,1-5,8H2. The summed E-state index contributed by atoms with van der Waals surface area (Å²) >= 11 is 5.93. The van der Waals surface area contributed by atoms with Crippen molar-refractivity contribution in [3.05, 3.63) is 22.8 Å². The second-order valence-corrected chi connectivity index (χ2v) is 5.24. The van der Waals surface area contributed by atoms with Gasteiger partial charge >= 0.3 is 0 Å². The lowest BCUT2D eigenvalue weighted by atomic mass is 9.94. The van der Waals surface area contributed by atoms with Crippen LogP contribution in [0.25, 0.3) is 0 Å². The maximum atomic E-state index is 12.1. The molecule has 1 aromatic heterocycles. The number of rotatable bonds is 1. The second kappa shape index (κ2) is 4.30. The lowest BCUT2D eigenvalue weighted by Gasteiger charge is -2.30. The van der Waals surface area contributed by atoms with E-state index in [2.05, 4.69) is 4.98 Å². The molecule has 0 atom stereocenters. The first kappa shape index (κ1) is 11.0. The fourth-order valence-electron chi connectivity index (χ4n) is 2.88. The van der Waals surface area contributed by atoms with Crippen LogP contribution < -0.4 is 4.90 Å².